The zero-order chi connectivity index (χ0) is 27.6. The van der Waals surface area contributed by atoms with Gasteiger partial charge in [0.25, 0.3) is 11.8 Å². The molecule has 1 saturated heterocycles. The maximum Gasteiger partial charge on any atom is 0.417 e. The molecule has 2 aromatic carbocycles. The number of amides is 4. The number of halogens is 4. The molecular formula is C26H24ClF3N4O4. The van der Waals surface area contributed by atoms with E-state index in [1.165, 1.54) is 12.1 Å². The number of piperidine rings is 1. The summed E-state index contributed by atoms with van der Waals surface area (Å²) in [6, 6.07) is 9.82. The Kier molecular flexibility index (Phi) is 7.77. The van der Waals surface area contributed by atoms with Crippen molar-refractivity contribution in [2.75, 3.05) is 23.8 Å². The Bertz CT molecular complexity index is 1330. The third-order valence-electron chi connectivity index (χ3n) is 6.34. The first-order chi connectivity index (χ1) is 17.9. The van der Waals surface area contributed by atoms with Gasteiger partial charge in [-0.3, -0.25) is 29.4 Å². The molecule has 1 atom stereocenters. The summed E-state index contributed by atoms with van der Waals surface area (Å²) in [5.74, 6) is -2.41. The molecule has 4 amide bonds. The molecule has 12 heteroatoms. The molecular weight excluding hydrogens is 525 g/mol. The second-order valence-corrected chi connectivity index (χ2v) is 9.46. The van der Waals surface area contributed by atoms with E-state index >= 15 is 0 Å². The summed E-state index contributed by atoms with van der Waals surface area (Å²) in [4.78, 5) is 51.7. The number of carbonyl (C=O) groups excluding carboxylic acids is 4. The number of nitrogens with zero attached hydrogens (tertiary/aromatic N) is 2. The van der Waals surface area contributed by atoms with Crippen LogP contribution in [0.5, 0.6) is 0 Å². The van der Waals surface area contributed by atoms with Crippen molar-refractivity contribution in [3.05, 3.63) is 70.4 Å². The van der Waals surface area contributed by atoms with Gasteiger partial charge in [0, 0.05) is 37.5 Å². The van der Waals surface area contributed by atoms with Gasteiger partial charge in [0.1, 0.15) is 11.7 Å². The minimum Gasteiger partial charge on any atom is -0.375 e. The first-order valence-corrected chi connectivity index (χ1v) is 12.2. The lowest BCUT2D eigenvalue weighted by Crippen LogP contribution is -2.54. The van der Waals surface area contributed by atoms with Gasteiger partial charge >= 0.3 is 6.18 Å². The predicted molar refractivity (Wildman–Crippen MR) is 134 cm³/mol. The third kappa shape index (κ3) is 5.99. The predicted octanol–water partition coefficient (Wildman–Crippen LogP) is 3.90. The molecule has 200 valence electrons. The fraction of sp³-hybridized carbons (Fsp3) is 0.308. The fourth-order valence-electron chi connectivity index (χ4n) is 4.37. The molecule has 2 aliphatic heterocycles. The number of imide groups is 2. The molecule has 2 aliphatic rings. The van der Waals surface area contributed by atoms with Crippen LogP contribution in [0.2, 0.25) is 5.02 Å². The maximum absolute atomic E-state index is 12.9. The van der Waals surface area contributed by atoms with Crippen LogP contribution in [0, 0.1) is 0 Å². The van der Waals surface area contributed by atoms with Gasteiger partial charge in [0.05, 0.1) is 10.6 Å². The van der Waals surface area contributed by atoms with E-state index in [9.17, 15) is 32.3 Å². The van der Waals surface area contributed by atoms with Crippen LogP contribution in [0.25, 0.3) is 0 Å². The number of benzene rings is 2. The van der Waals surface area contributed by atoms with Crippen LogP contribution in [-0.2, 0) is 31.8 Å². The first-order valence-electron chi connectivity index (χ1n) is 11.8. The molecule has 0 saturated carbocycles. The molecule has 2 heterocycles. The lowest BCUT2D eigenvalue weighted by Gasteiger charge is -2.28. The van der Waals surface area contributed by atoms with E-state index in [1.807, 2.05) is 18.0 Å². The number of nitrogens with one attached hydrogen (secondary N) is 2. The van der Waals surface area contributed by atoms with Gasteiger partial charge in [-0.05, 0) is 55.2 Å². The molecule has 0 radical (unpaired) electrons. The molecule has 0 aliphatic carbocycles. The van der Waals surface area contributed by atoms with Crippen LogP contribution in [0.15, 0.2) is 54.2 Å². The maximum atomic E-state index is 12.9. The average molecular weight is 549 g/mol. The van der Waals surface area contributed by atoms with Crippen LogP contribution in [0.3, 0.4) is 0 Å². The number of anilines is 2. The zero-order valence-corrected chi connectivity index (χ0v) is 21.0. The number of rotatable bonds is 8. The molecule has 4 rings (SSSR count). The van der Waals surface area contributed by atoms with Crippen LogP contribution >= 0.6 is 11.6 Å². The Morgan fingerprint density at radius 1 is 1.13 bits per heavy atom. The van der Waals surface area contributed by atoms with E-state index in [4.69, 9.17) is 11.6 Å². The van der Waals surface area contributed by atoms with E-state index < -0.39 is 41.4 Å². The van der Waals surface area contributed by atoms with Gasteiger partial charge in [-0.2, -0.15) is 13.2 Å². The molecule has 1 unspecified atom stereocenters. The van der Waals surface area contributed by atoms with Crippen molar-refractivity contribution in [3.63, 3.8) is 0 Å². The van der Waals surface area contributed by atoms with Crippen molar-refractivity contribution >= 4 is 46.6 Å². The van der Waals surface area contributed by atoms with E-state index in [2.05, 4.69) is 10.6 Å². The van der Waals surface area contributed by atoms with Crippen molar-refractivity contribution < 1.29 is 32.3 Å². The number of hydrogen-bond acceptors (Lipinski definition) is 6. The lowest BCUT2D eigenvalue weighted by molar-refractivity contribution is -0.149. The second kappa shape index (κ2) is 10.9. The zero-order valence-electron chi connectivity index (χ0n) is 20.3. The highest BCUT2D eigenvalue weighted by Gasteiger charge is 2.42. The summed E-state index contributed by atoms with van der Waals surface area (Å²) in [5.41, 5.74) is 1.20. The third-order valence-corrected chi connectivity index (χ3v) is 6.65. The van der Waals surface area contributed by atoms with Gasteiger partial charge in [-0.25, -0.2) is 0 Å². The van der Waals surface area contributed by atoms with Gasteiger partial charge < -0.3 is 10.2 Å². The SMILES string of the molecule is CN(CCCc1ccc(C(F)(F)F)c(Cl)c1)c1cccc(NC2=CC(=O)N(C3CCC(=O)NC3=O)C2=O)c1. The summed E-state index contributed by atoms with van der Waals surface area (Å²) in [5, 5.41) is 4.75. The minimum atomic E-state index is -4.50. The minimum absolute atomic E-state index is 0.0127. The van der Waals surface area contributed by atoms with Crippen molar-refractivity contribution in [2.45, 2.75) is 37.9 Å². The molecule has 1 fully saturated rings. The molecule has 2 N–H and O–H groups in total. The topological polar surface area (TPSA) is 98.8 Å². The molecule has 0 bridgehead atoms. The monoisotopic (exact) mass is 548 g/mol. The summed E-state index contributed by atoms with van der Waals surface area (Å²) in [7, 11) is 1.85. The van der Waals surface area contributed by atoms with Gasteiger partial charge in [-0.15, -0.1) is 0 Å². The number of carbonyl (C=O) groups is 4. The van der Waals surface area contributed by atoms with E-state index in [0.29, 0.717) is 30.6 Å². The number of hydrogen-bond donors (Lipinski definition) is 2. The average Bonchev–Trinajstić information content (AvgIpc) is 3.11. The first kappa shape index (κ1) is 27.2. The van der Waals surface area contributed by atoms with E-state index in [0.717, 1.165) is 22.7 Å². The fourth-order valence-corrected chi connectivity index (χ4v) is 4.68. The highest BCUT2D eigenvalue weighted by molar-refractivity contribution is 6.31. The molecule has 0 spiro atoms. The largest absolute Gasteiger partial charge is 0.417 e. The van der Waals surface area contributed by atoms with Crippen LogP contribution < -0.4 is 15.5 Å². The van der Waals surface area contributed by atoms with Crippen molar-refractivity contribution in [3.8, 4) is 0 Å². The van der Waals surface area contributed by atoms with Crippen LogP contribution in [0.4, 0.5) is 24.5 Å². The number of alkyl halides is 3. The highest BCUT2D eigenvalue weighted by atomic mass is 35.5. The van der Waals surface area contributed by atoms with Crippen molar-refractivity contribution in [1.29, 1.82) is 0 Å². The van der Waals surface area contributed by atoms with Gasteiger partial charge in [0.15, 0.2) is 0 Å². The van der Waals surface area contributed by atoms with Crippen molar-refractivity contribution in [2.24, 2.45) is 0 Å². The molecule has 38 heavy (non-hydrogen) atoms. The summed E-state index contributed by atoms with van der Waals surface area (Å²) in [6.07, 6.45) is -2.09. The molecule has 2 aromatic rings. The normalized spacial score (nSPS) is 18.0. The molecule has 0 aromatic heterocycles. The Hall–Kier alpha value is -3.86. The Balaban J connectivity index is 1.35. The number of aryl methyl sites for hydroxylation is 1. The van der Waals surface area contributed by atoms with Crippen molar-refractivity contribution in [1.82, 2.24) is 10.2 Å². The Morgan fingerprint density at radius 2 is 1.89 bits per heavy atom. The lowest BCUT2D eigenvalue weighted by atomic mass is 10.0. The van der Waals surface area contributed by atoms with Crippen LogP contribution in [0.1, 0.15) is 30.4 Å². The summed E-state index contributed by atoms with van der Waals surface area (Å²) >= 11 is 5.80. The van der Waals surface area contributed by atoms with Gasteiger partial charge in [-0.1, -0.05) is 23.7 Å². The Labute approximate surface area is 221 Å². The summed E-state index contributed by atoms with van der Waals surface area (Å²) < 4.78 is 38.7. The van der Waals surface area contributed by atoms with Crippen LogP contribution in [-0.4, -0.2) is 48.2 Å². The van der Waals surface area contributed by atoms with E-state index in [1.54, 1.807) is 18.2 Å². The Morgan fingerprint density at radius 3 is 2.58 bits per heavy atom. The smallest absolute Gasteiger partial charge is 0.375 e. The quantitative estimate of drug-likeness (QED) is 0.486. The van der Waals surface area contributed by atoms with Gasteiger partial charge in [0.2, 0.25) is 11.8 Å². The summed E-state index contributed by atoms with van der Waals surface area (Å²) in [6.45, 7) is 0.589. The molecule has 8 nitrogen and oxygen atoms in total. The standard InChI is InChI=1S/C26H24ClF3N4O4/c1-33(11-3-4-15-7-8-18(19(27)12-15)26(28,29)30)17-6-2-5-16(13-17)31-20-14-23(36)34(25(20)38)21-9-10-22(35)32-24(21)37/h2,5-8,12-14,21,31H,3-4,9-11H2,1H3,(H,32,35,37). The van der Waals surface area contributed by atoms with E-state index in [-0.39, 0.29) is 23.6 Å². The second-order valence-electron chi connectivity index (χ2n) is 9.05. The highest BCUT2D eigenvalue weighted by Crippen LogP contribution is 2.35.